The van der Waals surface area contributed by atoms with Crippen molar-refractivity contribution in [1.29, 1.82) is 0 Å². The molecule has 4 heteroatoms. The van der Waals surface area contributed by atoms with Crippen LogP contribution in [0, 0.1) is 0 Å². The molecule has 1 N–H and O–H groups in total. The van der Waals surface area contributed by atoms with Crippen molar-refractivity contribution in [2.75, 3.05) is 0 Å². The fourth-order valence-electron chi connectivity index (χ4n) is 1.74. The minimum atomic E-state index is -1.52. The second kappa shape index (κ2) is 4.25. The number of carboxylic acid groups (broad SMARTS) is 1. The lowest BCUT2D eigenvalue weighted by Crippen LogP contribution is -2.08. The molecule has 0 fully saturated rings. The molecule has 0 atom stereocenters. The molecule has 1 aliphatic rings. The highest BCUT2D eigenvalue weighted by atomic mass is 16.4. The van der Waals surface area contributed by atoms with Crippen LogP contribution in [-0.4, -0.2) is 16.9 Å². The van der Waals surface area contributed by atoms with Gasteiger partial charge in [0.05, 0.1) is 0 Å². The number of fused-ring (bicyclic) bond motifs is 1. The van der Waals surface area contributed by atoms with E-state index < -0.39 is 11.8 Å². The molecular weight excluding hydrogens is 220 g/mol. The smallest absolute Gasteiger partial charge is 0.376 e. The Morgan fingerprint density at radius 2 is 2.00 bits per heavy atom. The number of carbonyl (C=O) groups is 2. The first-order chi connectivity index (χ1) is 8.09. The lowest BCUT2D eigenvalue weighted by atomic mass is 10.1. The molecule has 4 nitrogen and oxygen atoms in total. The van der Waals surface area contributed by atoms with Crippen molar-refractivity contribution in [3.63, 3.8) is 0 Å². The van der Waals surface area contributed by atoms with Gasteiger partial charge in [-0.1, -0.05) is 41.7 Å². The van der Waals surface area contributed by atoms with Gasteiger partial charge in [-0.3, -0.25) is 4.79 Å². The normalized spacial score (nSPS) is 14.1. The van der Waals surface area contributed by atoms with Gasteiger partial charge in [0.25, 0.3) is 5.78 Å². The van der Waals surface area contributed by atoms with Crippen LogP contribution in [0.15, 0.2) is 42.0 Å². The summed E-state index contributed by atoms with van der Waals surface area (Å²) in [7, 11) is 0. The number of rotatable bonds is 3. The zero-order valence-corrected chi connectivity index (χ0v) is 8.84. The number of aliphatic carboxylic acids is 1. The van der Waals surface area contributed by atoms with Gasteiger partial charge < -0.3 is 10.2 Å². The Labute approximate surface area is 97.5 Å². The Morgan fingerprint density at radius 1 is 1.29 bits per heavy atom. The highest BCUT2D eigenvalue weighted by molar-refractivity contribution is 6.37. The van der Waals surface area contributed by atoms with Crippen LogP contribution in [0.2, 0.25) is 0 Å². The fraction of sp³-hybridized carbons (Fsp3) is 0.0769. The molecular formula is C13H9O4-. The lowest BCUT2D eigenvalue weighted by Gasteiger charge is -2.09. The first-order valence-corrected chi connectivity index (χ1v) is 5.03. The van der Waals surface area contributed by atoms with E-state index in [9.17, 15) is 14.7 Å². The topological polar surface area (TPSA) is 77.4 Å². The number of benzene rings is 1. The number of allylic oxidation sites excluding steroid dienone is 2. The van der Waals surface area contributed by atoms with Gasteiger partial charge in [-0.05, 0) is 23.6 Å². The third-order valence-electron chi connectivity index (χ3n) is 2.58. The quantitative estimate of drug-likeness (QED) is 0.605. The number of carboxylic acids is 1. The van der Waals surface area contributed by atoms with Crippen LogP contribution in [0.25, 0.3) is 5.76 Å². The summed E-state index contributed by atoms with van der Waals surface area (Å²) in [5.41, 5.74) is 1.97. The summed E-state index contributed by atoms with van der Waals surface area (Å²) in [6.45, 7) is 0. The number of ketones is 1. The van der Waals surface area contributed by atoms with Gasteiger partial charge in [-0.25, -0.2) is 4.79 Å². The molecule has 0 aromatic heterocycles. The Morgan fingerprint density at radius 3 is 2.65 bits per heavy atom. The van der Waals surface area contributed by atoms with Gasteiger partial charge in [0.2, 0.25) is 0 Å². The van der Waals surface area contributed by atoms with Gasteiger partial charge in [-0.15, -0.1) is 0 Å². The number of hydrogen-bond donors (Lipinski definition) is 1. The maximum Gasteiger partial charge on any atom is 0.376 e. The predicted molar refractivity (Wildman–Crippen MR) is 58.8 cm³/mol. The van der Waals surface area contributed by atoms with E-state index in [1.54, 1.807) is 12.1 Å². The van der Waals surface area contributed by atoms with E-state index in [4.69, 9.17) is 5.11 Å². The van der Waals surface area contributed by atoms with Crippen molar-refractivity contribution in [2.45, 2.75) is 6.42 Å². The SMILES string of the molecule is O=C(O)C(=O)/C=C\C1=C([O-])c2ccccc2C1. The van der Waals surface area contributed by atoms with Crippen LogP contribution in [0.1, 0.15) is 11.1 Å². The Bertz CT molecular complexity index is 552. The lowest BCUT2D eigenvalue weighted by molar-refractivity contribution is -0.244. The van der Waals surface area contributed by atoms with Crippen LogP contribution in [-0.2, 0) is 16.0 Å². The van der Waals surface area contributed by atoms with Gasteiger partial charge >= 0.3 is 5.97 Å². The van der Waals surface area contributed by atoms with Gasteiger partial charge in [0.1, 0.15) is 0 Å². The number of hydrogen-bond acceptors (Lipinski definition) is 3. The highest BCUT2D eigenvalue weighted by Crippen LogP contribution is 2.29. The Balaban J connectivity index is 2.24. The van der Waals surface area contributed by atoms with E-state index >= 15 is 0 Å². The Kier molecular flexibility index (Phi) is 2.78. The van der Waals surface area contributed by atoms with Crippen molar-refractivity contribution in [2.24, 2.45) is 0 Å². The van der Waals surface area contributed by atoms with Gasteiger partial charge in [0.15, 0.2) is 0 Å². The second-order valence-corrected chi connectivity index (χ2v) is 3.69. The predicted octanol–water partition coefficient (Wildman–Crippen LogP) is 0.524. The average molecular weight is 229 g/mol. The fourth-order valence-corrected chi connectivity index (χ4v) is 1.74. The van der Waals surface area contributed by atoms with Crippen LogP contribution in [0.4, 0.5) is 0 Å². The van der Waals surface area contributed by atoms with Crippen molar-refractivity contribution >= 4 is 17.5 Å². The standard InChI is InChI=1S/C13H10O4/c14-11(13(16)17)6-5-9-7-8-3-1-2-4-10(8)12(9)15/h1-6,15H,7H2,(H,16,17)/p-1/b6-5-. The zero-order valence-electron chi connectivity index (χ0n) is 8.84. The summed E-state index contributed by atoms with van der Waals surface area (Å²) in [6.07, 6.45) is 2.65. The summed E-state index contributed by atoms with van der Waals surface area (Å²) in [5, 5.41) is 20.2. The molecule has 0 amide bonds. The molecule has 1 aromatic carbocycles. The zero-order chi connectivity index (χ0) is 12.4. The molecule has 0 radical (unpaired) electrons. The van der Waals surface area contributed by atoms with E-state index in [1.807, 2.05) is 12.1 Å². The van der Waals surface area contributed by atoms with Gasteiger partial charge in [-0.2, -0.15) is 0 Å². The molecule has 1 aromatic rings. The summed E-state index contributed by atoms with van der Waals surface area (Å²) < 4.78 is 0. The van der Waals surface area contributed by atoms with Crippen molar-refractivity contribution in [3.8, 4) is 0 Å². The third kappa shape index (κ3) is 2.10. The second-order valence-electron chi connectivity index (χ2n) is 3.69. The molecule has 86 valence electrons. The minimum Gasteiger partial charge on any atom is -0.872 e. The Hall–Kier alpha value is -2.36. The number of carbonyl (C=O) groups excluding carboxylic acids is 1. The van der Waals surface area contributed by atoms with Crippen LogP contribution >= 0.6 is 0 Å². The molecule has 0 aliphatic heterocycles. The van der Waals surface area contributed by atoms with E-state index in [-0.39, 0.29) is 5.76 Å². The maximum atomic E-state index is 11.8. The van der Waals surface area contributed by atoms with Crippen molar-refractivity contribution in [3.05, 3.63) is 53.1 Å². The first kappa shape index (κ1) is 11.1. The van der Waals surface area contributed by atoms with E-state index in [1.165, 1.54) is 6.08 Å². The third-order valence-corrected chi connectivity index (χ3v) is 2.58. The molecule has 1 aliphatic carbocycles. The molecule has 17 heavy (non-hydrogen) atoms. The van der Waals surface area contributed by atoms with E-state index in [0.717, 1.165) is 11.6 Å². The molecule has 0 saturated carbocycles. The molecule has 0 saturated heterocycles. The first-order valence-electron chi connectivity index (χ1n) is 5.03. The molecule has 0 heterocycles. The summed E-state index contributed by atoms with van der Waals surface area (Å²) in [4.78, 5) is 21.2. The minimum absolute atomic E-state index is 0.143. The van der Waals surface area contributed by atoms with Gasteiger partial charge in [0, 0.05) is 0 Å². The molecule has 2 rings (SSSR count). The average Bonchev–Trinajstić information content (AvgIpc) is 2.64. The highest BCUT2D eigenvalue weighted by Gasteiger charge is 2.13. The largest absolute Gasteiger partial charge is 0.872 e. The summed E-state index contributed by atoms with van der Waals surface area (Å²) in [5.74, 6) is -2.69. The summed E-state index contributed by atoms with van der Waals surface area (Å²) in [6, 6.07) is 7.16. The van der Waals surface area contributed by atoms with Crippen LogP contribution in [0.3, 0.4) is 0 Å². The van der Waals surface area contributed by atoms with Crippen LogP contribution < -0.4 is 5.11 Å². The maximum absolute atomic E-state index is 11.8. The molecule has 0 bridgehead atoms. The van der Waals surface area contributed by atoms with Crippen molar-refractivity contribution in [1.82, 2.24) is 0 Å². The summed E-state index contributed by atoms with van der Waals surface area (Å²) >= 11 is 0. The molecule has 0 unspecified atom stereocenters. The monoisotopic (exact) mass is 229 g/mol. The van der Waals surface area contributed by atoms with E-state index in [2.05, 4.69) is 0 Å². The van der Waals surface area contributed by atoms with Crippen LogP contribution in [0.5, 0.6) is 0 Å². The van der Waals surface area contributed by atoms with E-state index in [0.29, 0.717) is 17.6 Å². The van der Waals surface area contributed by atoms with Crippen molar-refractivity contribution < 1.29 is 19.8 Å². The molecule has 0 spiro atoms.